The van der Waals surface area contributed by atoms with Crippen molar-refractivity contribution in [3.05, 3.63) is 35.9 Å². The minimum Gasteiger partial charge on any atom is -0.461 e. The van der Waals surface area contributed by atoms with Gasteiger partial charge in [0.2, 0.25) is 0 Å². The van der Waals surface area contributed by atoms with Crippen LogP contribution in [0.1, 0.15) is 25.8 Å². The highest BCUT2D eigenvalue weighted by Crippen LogP contribution is 2.40. The van der Waals surface area contributed by atoms with E-state index in [1.807, 2.05) is 30.3 Å². The van der Waals surface area contributed by atoms with E-state index in [1.165, 1.54) is 0 Å². The first-order valence-corrected chi connectivity index (χ1v) is 5.89. The van der Waals surface area contributed by atoms with Crippen molar-refractivity contribution in [2.24, 2.45) is 17.8 Å². The molecule has 86 valence electrons. The smallest absolute Gasteiger partial charge is 0.309 e. The summed E-state index contributed by atoms with van der Waals surface area (Å²) in [5.74, 6) is 1.23. The fourth-order valence-electron chi connectivity index (χ4n) is 2.18. The van der Waals surface area contributed by atoms with Crippen molar-refractivity contribution in [2.45, 2.75) is 26.9 Å². The molecule has 2 nitrogen and oxygen atoms in total. The van der Waals surface area contributed by atoms with Crippen molar-refractivity contribution in [3.63, 3.8) is 0 Å². The molecule has 0 N–H and O–H groups in total. The lowest BCUT2D eigenvalue weighted by Crippen LogP contribution is -2.39. The average Bonchev–Trinajstić information content (AvgIpc) is 2.33. The second-order valence-corrected chi connectivity index (χ2v) is 4.77. The Bertz CT molecular complexity index is 358. The Balaban J connectivity index is 1.81. The van der Waals surface area contributed by atoms with Crippen LogP contribution in [0.15, 0.2) is 30.3 Å². The molecular formula is C14H18O2. The van der Waals surface area contributed by atoms with Gasteiger partial charge in [-0.15, -0.1) is 0 Å². The van der Waals surface area contributed by atoms with Crippen molar-refractivity contribution in [1.82, 2.24) is 0 Å². The molecule has 2 rings (SSSR count). The largest absolute Gasteiger partial charge is 0.461 e. The number of hydrogen-bond acceptors (Lipinski definition) is 2. The molecule has 0 heterocycles. The normalized spacial score (nSPS) is 28.2. The van der Waals surface area contributed by atoms with Crippen molar-refractivity contribution in [3.8, 4) is 0 Å². The zero-order valence-corrected chi connectivity index (χ0v) is 9.85. The summed E-state index contributed by atoms with van der Waals surface area (Å²) >= 11 is 0. The molecule has 0 bridgehead atoms. The zero-order valence-electron chi connectivity index (χ0n) is 9.85. The second-order valence-electron chi connectivity index (χ2n) is 4.77. The summed E-state index contributed by atoms with van der Waals surface area (Å²) in [7, 11) is 0. The van der Waals surface area contributed by atoms with E-state index in [0.717, 1.165) is 12.0 Å². The van der Waals surface area contributed by atoms with E-state index in [9.17, 15) is 4.79 Å². The highest BCUT2D eigenvalue weighted by atomic mass is 16.5. The first-order valence-electron chi connectivity index (χ1n) is 5.89. The van der Waals surface area contributed by atoms with Crippen molar-refractivity contribution in [2.75, 3.05) is 0 Å². The van der Waals surface area contributed by atoms with Crippen molar-refractivity contribution < 1.29 is 9.53 Å². The lowest BCUT2D eigenvalue weighted by atomic mass is 9.67. The third-order valence-electron chi connectivity index (χ3n) is 3.68. The van der Waals surface area contributed by atoms with Crippen LogP contribution in [-0.4, -0.2) is 5.97 Å². The van der Waals surface area contributed by atoms with Crippen LogP contribution in [0, 0.1) is 17.8 Å². The van der Waals surface area contributed by atoms with Gasteiger partial charge in [0, 0.05) is 0 Å². The molecule has 0 aliphatic heterocycles. The van der Waals surface area contributed by atoms with E-state index in [0.29, 0.717) is 18.4 Å². The molecule has 16 heavy (non-hydrogen) atoms. The van der Waals surface area contributed by atoms with Gasteiger partial charge < -0.3 is 4.74 Å². The topological polar surface area (TPSA) is 26.3 Å². The van der Waals surface area contributed by atoms with Crippen molar-refractivity contribution in [1.29, 1.82) is 0 Å². The molecule has 0 amide bonds. The lowest BCUT2D eigenvalue weighted by Gasteiger charge is -2.38. The summed E-state index contributed by atoms with van der Waals surface area (Å²) in [5.41, 5.74) is 1.05. The van der Waals surface area contributed by atoms with Gasteiger partial charge in [-0.25, -0.2) is 0 Å². The number of esters is 1. The number of ether oxygens (including phenoxy) is 1. The van der Waals surface area contributed by atoms with Crippen molar-refractivity contribution >= 4 is 5.97 Å². The Morgan fingerprint density at radius 3 is 2.56 bits per heavy atom. The van der Waals surface area contributed by atoms with E-state index in [1.54, 1.807) is 0 Å². The quantitative estimate of drug-likeness (QED) is 0.729. The van der Waals surface area contributed by atoms with Gasteiger partial charge in [-0.3, -0.25) is 4.79 Å². The summed E-state index contributed by atoms with van der Waals surface area (Å²) in [6, 6.07) is 9.82. The molecule has 1 fully saturated rings. The minimum atomic E-state index is -0.0329. The Morgan fingerprint density at radius 2 is 2.00 bits per heavy atom. The first-order chi connectivity index (χ1) is 7.68. The minimum absolute atomic E-state index is 0.0329. The highest BCUT2D eigenvalue weighted by molar-refractivity contribution is 5.73. The van der Waals surface area contributed by atoms with Crippen LogP contribution < -0.4 is 0 Å². The van der Waals surface area contributed by atoms with Crippen LogP contribution >= 0.6 is 0 Å². The second kappa shape index (κ2) is 4.69. The Labute approximate surface area is 96.6 Å². The molecule has 2 heteroatoms. The van der Waals surface area contributed by atoms with Gasteiger partial charge in [0.15, 0.2) is 0 Å². The molecule has 1 aliphatic carbocycles. The van der Waals surface area contributed by atoms with Gasteiger partial charge in [0.1, 0.15) is 6.61 Å². The summed E-state index contributed by atoms with van der Waals surface area (Å²) < 4.78 is 5.31. The third-order valence-corrected chi connectivity index (χ3v) is 3.68. The molecule has 0 aromatic heterocycles. The van der Waals surface area contributed by atoms with Crippen LogP contribution in [-0.2, 0) is 16.1 Å². The zero-order chi connectivity index (χ0) is 11.5. The number of hydrogen-bond donors (Lipinski definition) is 0. The summed E-state index contributed by atoms with van der Waals surface area (Å²) in [5, 5.41) is 0. The molecule has 0 radical (unpaired) electrons. The first kappa shape index (κ1) is 11.2. The molecule has 0 spiro atoms. The maximum Gasteiger partial charge on any atom is 0.309 e. The average molecular weight is 218 g/mol. The molecular weight excluding hydrogens is 200 g/mol. The molecule has 3 atom stereocenters. The van der Waals surface area contributed by atoms with Gasteiger partial charge in [0.05, 0.1) is 5.92 Å². The summed E-state index contributed by atoms with van der Waals surface area (Å²) in [4.78, 5) is 11.7. The van der Waals surface area contributed by atoms with E-state index in [-0.39, 0.29) is 11.9 Å². The van der Waals surface area contributed by atoms with Gasteiger partial charge in [0.25, 0.3) is 0 Å². The predicted octanol–water partition coefficient (Wildman–Crippen LogP) is 3.02. The van der Waals surface area contributed by atoms with Gasteiger partial charge >= 0.3 is 5.97 Å². The highest BCUT2D eigenvalue weighted by Gasteiger charge is 2.40. The maximum absolute atomic E-state index is 11.7. The number of carbonyl (C=O) groups excluding carboxylic acids is 1. The molecule has 1 aromatic carbocycles. The standard InChI is InChI=1S/C14H18O2/c1-10-8-13(11(10)2)14(15)16-9-12-6-4-3-5-7-12/h3-7,10-11,13H,8-9H2,1-2H3. The van der Waals surface area contributed by atoms with Crippen LogP contribution in [0.3, 0.4) is 0 Å². The molecule has 3 unspecified atom stereocenters. The molecule has 0 saturated heterocycles. The SMILES string of the molecule is CC1CC(C(=O)OCc2ccccc2)C1C. The molecule has 1 aliphatic rings. The Morgan fingerprint density at radius 1 is 1.31 bits per heavy atom. The lowest BCUT2D eigenvalue weighted by molar-refractivity contribution is -0.158. The molecule has 1 saturated carbocycles. The van der Waals surface area contributed by atoms with Crippen LogP contribution in [0.25, 0.3) is 0 Å². The monoisotopic (exact) mass is 218 g/mol. The van der Waals surface area contributed by atoms with Gasteiger partial charge in [-0.05, 0) is 23.8 Å². The molecule has 1 aromatic rings. The predicted molar refractivity (Wildman–Crippen MR) is 62.7 cm³/mol. The number of rotatable bonds is 3. The summed E-state index contributed by atoms with van der Waals surface area (Å²) in [6.07, 6.45) is 0.981. The number of benzene rings is 1. The van der Waals surface area contributed by atoms with E-state index in [4.69, 9.17) is 4.74 Å². The summed E-state index contributed by atoms with van der Waals surface area (Å²) in [6.45, 7) is 4.71. The van der Waals surface area contributed by atoms with E-state index >= 15 is 0 Å². The fourth-order valence-corrected chi connectivity index (χ4v) is 2.18. The fraction of sp³-hybridized carbons (Fsp3) is 0.500. The van der Waals surface area contributed by atoms with E-state index < -0.39 is 0 Å². The maximum atomic E-state index is 11.7. The van der Waals surface area contributed by atoms with Crippen LogP contribution in [0.5, 0.6) is 0 Å². The Kier molecular flexibility index (Phi) is 3.28. The van der Waals surface area contributed by atoms with Gasteiger partial charge in [-0.1, -0.05) is 44.2 Å². The Hall–Kier alpha value is -1.31. The third kappa shape index (κ3) is 2.26. The number of carbonyl (C=O) groups is 1. The van der Waals surface area contributed by atoms with E-state index in [2.05, 4.69) is 13.8 Å². The van der Waals surface area contributed by atoms with Crippen LogP contribution in [0.2, 0.25) is 0 Å². The van der Waals surface area contributed by atoms with Gasteiger partial charge in [-0.2, -0.15) is 0 Å². The van der Waals surface area contributed by atoms with Crippen LogP contribution in [0.4, 0.5) is 0 Å².